The number of quaternary nitrogens is 1. The SMILES string of the molecule is CCCCCCN(CCC(=O)NC1C(C(C)C)=CC=CC1C(C)C)/C([NH3+])=C/C=C(\C)N. The molecule has 0 radical (unpaired) electrons. The molecule has 0 bridgehead atoms. The van der Waals surface area contributed by atoms with Gasteiger partial charge >= 0.3 is 0 Å². The Bertz CT molecular complexity index is 669. The van der Waals surface area contributed by atoms with Crippen molar-refractivity contribution in [1.82, 2.24) is 10.2 Å². The Labute approximate surface area is 190 Å². The normalized spacial score (nSPS) is 19.7. The van der Waals surface area contributed by atoms with Crippen LogP contribution in [0.3, 0.4) is 0 Å². The van der Waals surface area contributed by atoms with Gasteiger partial charge in [0, 0.05) is 37.2 Å². The molecule has 5 heteroatoms. The van der Waals surface area contributed by atoms with Crippen molar-refractivity contribution in [3.05, 3.63) is 47.5 Å². The van der Waals surface area contributed by atoms with E-state index in [1.54, 1.807) is 0 Å². The summed E-state index contributed by atoms with van der Waals surface area (Å²) < 4.78 is 0. The van der Waals surface area contributed by atoms with Crippen LogP contribution in [0.2, 0.25) is 0 Å². The molecule has 5 nitrogen and oxygen atoms in total. The summed E-state index contributed by atoms with van der Waals surface area (Å²) in [5.74, 6) is 2.23. The lowest BCUT2D eigenvalue weighted by atomic mass is 9.77. The predicted molar refractivity (Wildman–Crippen MR) is 132 cm³/mol. The highest BCUT2D eigenvalue weighted by molar-refractivity contribution is 5.77. The van der Waals surface area contributed by atoms with Crippen molar-refractivity contribution in [3.63, 3.8) is 0 Å². The van der Waals surface area contributed by atoms with Crippen molar-refractivity contribution in [2.45, 2.75) is 79.7 Å². The minimum Gasteiger partial charge on any atom is -0.402 e. The summed E-state index contributed by atoms with van der Waals surface area (Å²) in [5, 5.41) is 3.35. The van der Waals surface area contributed by atoms with Gasteiger partial charge in [0.25, 0.3) is 0 Å². The molecule has 6 N–H and O–H groups in total. The van der Waals surface area contributed by atoms with Crippen LogP contribution in [0.25, 0.3) is 0 Å². The van der Waals surface area contributed by atoms with E-state index in [0.717, 1.165) is 24.5 Å². The van der Waals surface area contributed by atoms with Gasteiger partial charge in [-0.25, -0.2) is 0 Å². The van der Waals surface area contributed by atoms with Crippen molar-refractivity contribution in [3.8, 4) is 0 Å². The van der Waals surface area contributed by atoms with Crippen LogP contribution in [0.5, 0.6) is 0 Å². The third kappa shape index (κ3) is 9.77. The summed E-state index contributed by atoms with van der Waals surface area (Å²) >= 11 is 0. The van der Waals surface area contributed by atoms with Crippen LogP contribution in [0.15, 0.2) is 47.5 Å². The molecule has 1 amide bonds. The number of nitrogens with two attached hydrogens (primary N) is 1. The highest BCUT2D eigenvalue weighted by Gasteiger charge is 2.30. The summed E-state index contributed by atoms with van der Waals surface area (Å²) in [6, 6.07) is 0.0769. The fourth-order valence-electron chi connectivity index (χ4n) is 4.01. The number of hydrogen-bond acceptors (Lipinski definition) is 3. The largest absolute Gasteiger partial charge is 0.402 e. The third-order valence-corrected chi connectivity index (χ3v) is 5.95. The predicted octanol–water partition coefficient (Wildman–Crippen LogP) is 4.11. The van der Waals surface area contributed by atoms with E-state index < -0.39 is 0 Å². The molecule has 1 aliphatic rings. The average Bonchev–Trinajstić information content (AvgIpc) is 2.71. The van der Waals surface area contributed by atoms with Gasteiger partial charge < -0.3 is 21.7 Å². The van der Waals surface area contributed by atoms with Gasteiger partial charge in [0.2, 0.25) is 5.91 Å². The van der Waals surface area contributed by atoms with Gasteiger partial charge in [-0.15, -0.1) is 0 Å². The zero-order valence-electron chi connectivity index (χ0n) is 20.8. The number of allylic oxidation sites excluding steroid dienone is 5. The molecule has 0 heterocycles. The lowest BCUT2D eigenvalue weighted by Gasteiger charge is -2.35. The number of nitrogens with zero attached hydrogens (tertiary/aromatic N) is 1. The summed E-state index contributed by atoms with van der Waals surface area (Å²) in [6.45, 7) is 14.5. The molecule has 31 heavy (non-hydrogen) atoms. The van der Waals surface area contributed by atoms with Crippen LogP contribution in [0.4, 0.5) is 0 Å². The molecular formula is C26H47N4O+. The van der Waals surface area contributed by atoms with E-state index in [-0.39, 0.29) is 11.9 Å². The zero-order valence-corrected chi connectivity index (χ0v) is 20.8. The van der Waals surface area contributed by atoms with Crippen LogP contribution in [0.1, 0.15) is 73.6 Å². The van der Waals surface area contributed by atoms with E-state index in [1.807, 2.05) is 19.1 Å². The number of amides is 1. The van der Waals surface area contributed by atoms with Gasteiger partial charge in [0.05, 0.1) is 6.04 Å². The molecule has 0 aromatic heterocycles. The van der Waals surface area contributed by atoms with Gasteiger partial charge in [-0.3, -0.25) is 4.79 Å². The lowest BCUT2D eigenvalue weighted by Crippen LogP contribution is -2.56. The molecule has 0 fully saturated rings. The molecule has 176 valence electrons. The van der Waals surface area contributed by atoms with Gasteiger partial charge in [-0.2, -0.15) is 0 Å². The first-order valence-electron chi connectivity index (χ1n) is 12.1. The Balaban J connectivity index is 2.80. The Morgan fingerprint density at radius 2 is 1.90 bits per heavy atom. The maximum atomic E-state index is 13.0. The number of carbonyl (C=O) groups is 1. The first-order valence-corrected chi connectivity index (χ1v) is 12.1. The van der Waals surface area contributed by atoms with Gasteiger partial charge in [-0.05, 0) is 36.8 Å². The average molecular weight is 432 g/mol. The number of hydrogen-bond donors (Lipinski definition) is 3. The van der Waals surface area contributed by atoms with Crippen molar-refractivity contribution >= 4 is 5.91 Å². The molecule has 2 atom stereocenters. The summed E-state index contributed by atoms with van der Waals surface area (Å²) in [6.07, 6.45) is 15.6. The third-order valence-electron chi connectivity index (χ3n) is 5.95. The van der Waals surface area contributed by atoms with Gasteiger partial charge in [0.1, 0.15) is 0 Å². The monoisotopic (exact) mass is 431 g/mol. The number of nitrogens with one attached hydrogen (secondary N) is 1. The van der Waals surface area contributed by atoms with E-state index in [4.69, 9.17) is 5.73 Å². The van der Waals surface area contributed by atoms with E-state index >= 15 is 0 Å². The standard InChI is InChI=1S/C26H46N4O/c1-7-8-9-10-17-30(24(28)15-14-21(6)27)18-16-25(31)29-26-22(19(2)3)12-11-13-23(26)20(4)5/h11-15,19-20,22,26H,7-10,16-18,27-28H2,1-6H3,(H,29,31)/p+1/b21-14+,24-15+. The number of carbonyl (C=O) groups excluding carboxylic acids is 1. The van der Waals surface area contributed by atoms with Crippen molar-refractivity contribution < 1.29 is 10.5 Å². The first-order chi connectivity index (χ1) is 14.7. The molecule has 0 aliphatic heterocycles. The van der Waals surface area contributed by atoms with Crippen molar-refractivity contribution in [1.29, 1.82) is 0 Å². The second-order valence-electron chi connectivity index (χ2n) is 9.44. The van der Waals surface area contributed by atoms with Crippen LogP contribution in [-0.2, 0) is 4.79 Å². The molecule has 0 aromatic rings. The zero-order chi connectivity index (χ0) is 23.4. The molecule has 0 saturated carbocycles. The van der Waals surface area contributed by atoms with E-state index in [0.29, 0.717) is 30.7 Å². The molecule has 2 unspecified atom stereocenters. The van der Waals surface area contributed by atoms with Crippen LogP contribution in [-0.4, -0.2) is 29.9 Å². The second-order valence-corrected chi connectivity index (χ2v) is 9.44. The first kappa shape index (κ1) is 27.0. The number of rotatable bonds is 13. The summed E-state index contributed by atoms with van der Waals surface area (Å²) in [4.78, 5) is 15.2. The van der Waals surface area contributed by atoms with Crippen molar-refractivity contribution in [2.24, 2.45) is 23.5 Å². The highest BCUT2D eigenvalue weighted by Crippen LogP contribution is 2.30. The van der Waals surface area contributed by atoms with Crippen LogP contribution >= 0.6 is 0 Å². The highest BCUT2D eigenvalue weighted by atomic mass is 16.1. The topological polar surface area (TPSA) is 86.0 Å². The quantitative estimate of drug-likeness (QED) is 0.303. The van der Waals surface area contributed by atoms with Gasteiger partial charge in [-0.1, -0.05) is 72.1 Å². The second kappa shape index (κ2) is 14.1. The Morgan fingerprint density at radius 3 is 2.48 bits per heavy atom. The Kier molecular flexibility index (Phi) is 12.3. The molecule has 0 spiro atoms. The minimum absolute atomic E-state index is 0.0769. The smallest absolute Gasteiger partial charge is 0.222 e. The molecule has 0 saturated heterocycles. The fourth-order valence-corrected chi connectivity index (χ4v) is 4.01. The lowest BCUT2D eigenvalue weighted by molar-refractivity contribution is -0.332. The fraction of sp³-hybridized carbons (Fsp3) is 0.654. The maximum Gasteiger partial charge on any atom is 0.222 e. The van der Waals surface area contributed by atoms with Crippen molar-refractivity contribution in [2.75, 3.05) is 13.1 Å². The molecule has 1 aliphatic carbocycles. The Hall–Kier alpha value is -2.01. The van der Waals surface area contributed by atoms with Crippen LogP contribution < -0.4 is 16.8 Å². The van der Waals surface area contributed by atoms with Crippen LogP contribution in [0, 0.1) is 17.8 Å². The molecular weight excluding hydrogens is 384 g/mol. The molecule has 1 rings (SSSR count). The van der Waals surface area contributed by atoms with Gasteiger partial charge in [0.15, 0.2) is 5.82 Å². The van der Waals surface area contributed by atoms with E-state index in [2.05, 4.69) is 68.8 Å². The maximum absolute atomic E-state index is 13.0. The minimum atomic E-state index is 0.0769. The van der Waals surface area contributed by atoms with E-state index in [9.17, 15) is 4.79 Å². The summed E-state index contributed by atoms with van der Waals surface area (Å²) in [7, 11) is 0. The Morgan fingerprint density at radius 1 is 1.19 bits per heavy atom. The number of unbranched alkanes of at least 4 members (excludes halogenated alkanes) is 3. The summed E-state index contributed by atoms with van der Waals surface area (Å²) in [5.41, 5.74) is 12.1. The van der Waals surface area contributed by atoms with E-state index in [1.165, 1.54) is 24.8 Å². The molecule has 0 aromatic carbocycles.